The van der Waals surface area contributed by atoms with Crippen molar-refractivity contribution in [2.24, 2.45) is 5.73 Å². The van der Waals surface area contributed by atoms with Gasteiger partial charge in [0.1, 0.15) is 17.1 Å². The maximum atomic E-state index is 12.9. The minimum Gasteiger partial charge on any atom is -0.448 e. The first-order valence-electron chi connectivity index (χ1n) is 8.38. The molecule has 27 heavy (non-hydrogen) atoms. The topological polar surface area (TPSA) is 72.6 Å². The highest BCUT2D eigenvalue weighted by Crippen LogP contribution is 2.37. The highest BCUT2D eigenvalue weighted by Gasteiger charge is 2.50. The maximum absolute atomic E-state index is 12.9. The first kappa shape index (κ1) is 19.5. The van der Waals surface area contributed by atoms with Gasteiger partial charge in [0.2, 0.25) is 5.91 Å². The van der Waals surface area contributed by atoms with Gasteiger partial charge in [-0.2, -0.15) is 0 Å². The van der Waals surface area contributed by atoms with Crippen molar-refractivity contribution in [2.45, 2.75) is 17.5 Å². The lowest BCUT2D eigenvalue weighted by atomic mass is 10.0. The SMILES string of the molecule is Cl.NC1C(=O)N2C(C(=O)OC(c3ccccc3)c3ccccc3)=CCS[C@@H]12. The number of thioether (sulfide) groups is 1. The molecular weight excluding hydrogens is 384 g/mol. The van der Waals surface area contributed by atoms with E-state index < -0.39 is 18.1 Å². The van der Waals surface area contributed by atoms with Crippen LogP contribution in [-0.2, 0) is 14.3 Å². The molecule has 2 heterocycles. The molecule has 2 aliphatic heterocycles. The number of hydrogen-bond donors (Lipinski definition) is 1. The van der Waals surface area contributed by atoms with Crippen LogP contribution >= 0.6 is 24.2 Å². The molecule has 140 valence electrons. The van der Waals surface area contributed by atoms with Gasteiger partial charge in [-0.15, -0.1) is 24.2 Å². The highest BCUT2D eigenvalue weighted by atomic mass is 35.5. The van der Waals surface area contributed by atoms with Crippen LogP contribution in [0.4, 0.5) is 0 Å². The van der Waals surface area contributed by atoms with Crippen molar-refractivity contribution in [1.82, 2.24) is 4.90 Å². The van der Waals surface area contributed by atoms with Gasteiger partial charge in [-0.1, -0.05) is 60.7 Å². The lowest BCUT2D eigenvalue weighted by molar-refractivity contribution is -0.152. The van der Waals surface area contributed by atoms with E-state index in [1.807, 2.05) is 60.7 Å². The zero-order valence-electron chi connectivity index (χ0n) is 14.4. The molecule has 2 N–H and O–H groups in total. The maximum Gasteiger partial charge on any atom is 0.355 e. The van der Waals surface area contributed by atoms with E-state index in [1.165, 1.54) is 4.90 Å². The van der Waals surface area contributed by atoms with E-state index in [-0.39, 0.29) is 29.4 Å². The summed E-state index contributed by atoms with van der Waals surface area (Å²) in [6.07, 6.45) is 1.20. The second-order valence-electron chi connectivity index (χ2n) is 6.15. The summed E-state index contributed by atoms with van der Waals surface area (Å²) < 4.78 is 5.85. The van der Waals surface area contributed by atoms with Crippen LogP contribution in [-0.4, -0.2) is 33.9 Å². The Labute approximate surface area is 168 Å². The quantitative estimate of drug-likeness (QED) is 0.628. The first-order valence-corrected chi connectivity index (χ1v) is 9.43. The van der Waals surface area contributed by atoms with Gasteiger partial charge in [0, 0.05) is 5.75 Å². The third kappa shape index (κ3) is 3.60. The Bertz CT molecular complexity index is 821. The molecule has 5 nitrogen and oxygen atoms in total. The molecule has 0 spiro atoms. The third-order valence-electron chi connectivity index (χ3n) is 4.53. The fourth-order valence-electron chi connectivity index (χ4n) is 3.18. The van der Waals surface area contributed by atoms with Crippen LogP contribution in [0.5, 0.6) is 0 Å². The molecule has 2 aliphatic rings. The molecule has 7 heteroatoms. The number of β-lactam (4-membered cyclic amide) rings is 1. The monoisotopic (exact) mass is 402 g/mol. The summed E-state index contributed by atoms with van der Waals surface area (Å²) in [4.78, 5) is 26.4. The van der Waals surface area contributed by atoms with Crippen LogP contribution in [0.3, 0.4) is 0 Å². The van der Waals surface area contributed by atoms with E-state index in [1.54, 1.807) is 17.8 Å². The van der Waals surface area contributed by atoms with Crippen molar-refractivity contribution in [3.8, 4) is 0 Å². The zero-order valence-corrected chi connectivity index (χ0v) is 16.0. The van der Waals surface area contributed by atoms with Gasteiger partial charge in [0.05, 0.1) is 0 Å². The smallest absolute Gasteiger partial charge is 0.355 e. The fraction of sp³-hybridized carbons (Fsp3) is 0.200. The van der Waals surface area contributed by atoms with E-state index in [9.17, 15) is 9.59 Å². The van der Waals surface area contributed by atoms with Crippen molar-refractivity contribution < 1.29 is 14.3 Å². The summed E-state index contributed by atoms with van der Waals surface area (Å²) >= 11 is 1.55. The lowest BCUT2D eigenvalue weighted by Gasteiger charge is -2.47. The number of halogens is 1. The van der Waals surface area contributed by atoms with Crippen molar-refractivity contribution >= 4 is 36.0 Å². The van der Waals surface area contributed by atoms with Crippen LogP contribution in [0.2, 0.25) is 0 Å². The van der Waals surface area contributed by atoms with E-state index in [4.69, 9.17) is 10.5 Å². The Morgan fingerprint density at radius 2 is 1.63 bits per heavy atom. The molecule has 1 saturated heterocycles. The van der Waals surface area contributed by atoms with Crippen LogP contribution in [0, 0.1) is 0 Å². The molecule has 2 aromatic rings. The van der Waals surface area contributed by atoms with Crippen LogP contribution < -0.4 is 5.73 Å². The van der Waals surface area contributed by atoms with E-state index in [0.29, 0.717) is 5.75 Å². The Kier molecular flexibility index (Phi) is 5.89. The van der Waals surface area contributed by atoms with Gasteiger partial charge in [-0.3, -0.25) is 9.69 Å². The van der Waals surface area contributed by atoms with Gasteiger partial charge >= 0.3 is 5.97 Å². The number of carbonyl (C=O) groups is 2. The summed E-state index contributed by atoms with van der Waals surface area (Å²) in [5.74, 6) is -0.108. The van der Waals surface area contributed by atoms with Crippen molar-refractivity contribution in [2.75, 3.05) is 5.75 Å². The van der Waals surface area contributed by atoms with E-state index in [0.717, 1.165) is 11.1 Å². The summed E-state index contributed by atoms with van der Waals surface area (Å²) in [6.45, 7) is 0. The number of benzene rings is 2. The predicted molar refractivity (Wildman–Crippen MR) is 107 cm³/mol. The van der Waals surface area contributed by atoms with E-state index >= 15 is 0 Å². The largest absolute Gasteiger partial charge is 0.448 e. The molecule has 1 fully saturated rings. The highest BCUT2D eigenvalue weighted by molar-refractivity contribution is 8.00. The third-order valence-corrected chi connectivity index (χ3v) is 5.73. The average Bonchev–Trinajstić information content (AvgIpc) is 2.72. The number of nitrogens with zero attached hydrogens (tertiary/aromatic N) is 1. The minimum atomic E-state index is -0.546. The average molecular weight is 403 g/mol. The number of rotatable bonds is 4. The number of hydrogen-bond acceptors (Lipinski definition) is 5. The van der Waals surface area contributed by atoms with Crippen LogP contribution in [0.15, 0.2) is 72.4 Å². The summed E-state index contributed by atoms with van der Waals surface area (Å²) in [7, 11) is 0. The predicted octanol–water partition coefficient (Wildman–Crippen LogP) is 2.87. The number of nitrogens with two attached hydrogens (primary N) is 1. The Balaban J connectivity index is 0.00000210. The second-order valence-corrected chi connectivity index (χ2v) is 7.30. The van der Waals surface area contributed by atoms with Gasteiger partial charge in [-0.05, 0) is 17.2 Å². The summed E-state index contributed by atoms with van der Waals surface area (Å²) in [6, 6.07) is 18.6. The van der Waals surface area contributed by atoms with Crippen molar-refractivity contribution in [3.05, 3.63) is 83.6 Å². The summed E-state index contributed by atoms with van der Waals surface area (Å²) in [5.41, 5.74) is 7.87. The van der Waals surface area contributed by atoms with Gasteiger partial charge in [0.15, 0.2) is 6.10 Å². The Hall–Kier alpha value is -2.28. The van der Waals surface area contributed by atoms with Crippen LogP contribution in [0.25, 0.3) is 0 Å². The molecule has 0 bridgehead atoms. The first-order chi connectivity index (χ1) is 12.7. The molecule has 4 rings (SSSR count). The van der Waals surface area contributed by atoms with Gasteiger partial charge in [0.25, 0.3) is 0 Å². The number of amides is 1. The molecule has 1 amide bonds. The zero-order chi connectivity index (χ0) is 18.1. The van der Waals surface area contributed by atoms with Gasteiger partial charge in [-0.25, -0.2) is 4.79 Å². The fourth-order valence-corrected chi connectivity index (χ4v) is 4.32. The van der Waals surface area contributed by atoms with Crippen LogP contribution in [0.1, 0.15) is 17.2 Å². The molecular formula is C20H19ClN2O3S. The Morgan fingerprint density at radius 3 is 2.19 bits per heavy atom. The van der Waals surface area contributed by atoms with Gasteiger partial charge < -0.3 is 10.5 Å². The molecule has 2 aromatic carbocycles. The summed E-state index contributed by atoms with van der Waals surface area (Å²) in [5, 5.41) is -0.179. The minimum absolute atomic E-state index is 0. The van der Waals surface area contributed by atoms with Crippen molar-refractivity contribution in [1.29, 1.82) is 0 Å². The number of ether oxygens (including phenoxy) is 1. The number of fused-ring (bicyclic) bond motifs is 1. The standard InChI is InChI=1S/C20H18N2O3S.ClH/c21-16-18(23)22-15(11-12-26-19(16)22)20(24)25-17(13-7-3-1-4-8-13)14-9-5-2-6-10-14;/h1-11,16-17,19H,12,21H2;1H/t16?,19-;/m0./s1. The number of carbonyl (C=O) groups excluding carboxylic acids is 2. The lowest BCUT2D eigenvalue weighted by Crippen LogP contribution is -2.68. The molecule has 2 atom stereocenters. The Morgan fingerprint density at radius 1 is 1.07 bits per heavy atom. The molecule has 0 aliphatic carbocycles. The normalized spacial score (nSPS) is 20.9. The van der Waals surface area contributed by atoms with E-state index in [2.05, 4.69) is 0 Å². The molecule has 0 aromatic heterocycles. The number of esters is 1. The molecule has 0 saturated carbocycles. The van der Waals surface area contributed by atoms with Crippen molar-refractivity contribution in [3.63, 3.8) is 0 Å². The molecule has 1 unspecified atom stereocenters. The second kappa shape index (κ2) is 8.17. The molecule has 0 radical (unpaired) electrons.